The standard InChI is InChI=1S/C29H50O/c1-18(2)19(3)8-9-20(4)23-12-13-25-22-10-11-24-21(5)27(30)15-17-29(24,7)26(22)14-16-28(23,25)6/h18-26H,8-17H2,1-7H3/t19?,20-,21?,22+,23-,24?,25+,26+,28-,29+/m1/s1. The highest BCUT2D eigenvalue weighted by molar-refractivity contribution is 5.82. The molecular weight excluding hydrogens is 364 g/mol. The topological polar surface area (TPSA) is 17.1 Å². The fourth-order valence-corrected chi connectivity index (χ4v) is 9.56. The predicted octanol–water partition coefficient (Wildman–Crippen LogP) is 8.17. The van der Waals surface area contributed by atoms with Gasteiger partial charge in [0.25, 0.3) is 0 Å². The molecule has 0 N–H and O–H groups in total. The Balaban J connectivity index is 1.48. The maximum absolute atomic E-state index is 12.5. The van der Waals surface area contributed by atoms with Crippen LogP contribution in [0.1, 0.15) is 113 Å². The summed E-state index contributed by atoms with van der Waals surface area (Å²) < 4.78 is 0. The Hall–Kier alpha value is -0.330. The van der Waals surface area contributed by atoms with E-state index in [9.17, 15) is 4.79 Å². The van der Waals surface area contributed by atoms with E-state index in [0.29, 0.717) is 28.4 Å². The van der Waals surface area contributed by atoms with E-state index in [-0.39, 0.29) is 0 Å². The Kier molecular flexibility index (Phi) is 6.26. The Morgan fingerprint density at radius 3 is 2.20 bits per heavy atom. The van der Waals surface area contributed by atoms with Gasteiger partial charge in [-0.05, 0) is 103 Å². The van der Waals surface area contributed by atoms with Crippen LogP contribution in [0.4, 0.5) is 0 Å². The second-order valence-electron chi connectivity index (χ2n) is 13.3. The van der Waals surface area contributed by atoms with Crippen molar-refractivity contribution in [1.82, 2.24) is 0 Å². The highest BCUT2D eigenvalue weighted by Crippen LogP contribution is 2.68. The van der Waals surface area contributed by atoms with Crippen molar-refractivity contribution in [2.75, 3.05) is 0 Å². The first kappa shape index (κ1) is 22.8. The second kappa shape index (κ2) is 8.22. The van der Waals surface area contributed by atoms with E-state index in [1.165, 1.54) is 57.8 Å². The van der Waals surface area contributed by atoms with E-state index >= 15 is 0 Å². The lowest BCUT2D eigenvalue weighted by atomic mass is 9.43. The second-order valence-corrected chi connectivity index (χ2v) is 13.3. The van der Waals surface area contributed by atoms with Crippen LogP contribution in [0.3, 0.4) is 0 Å². The van der Waals surface area contributed by atoms with E-state index in [1.54, 1.807) is 0 Å². The Morgan fingerprint density at radius 1 is 0.833 bits per heavy atom. The summed E-state index contributed by atoms with van der Waals surface area (Å²) in [6.07, 6.45) is 13.5. The molecule has 0 radical (unpaired) electrons. The first-order chi connectivity index (χ1) is 14.1. The summed E-state index contributed by atoms with van der Waals surface area (Å²) in [5, 5.41) is 0. The van der Waals surface area contributed by atoms with Gasteiger partial charge in [-0.25, -0.2) is 0 Å². The van der Waals surface area contributed by atoms with Crippen LogP contribution in [-0.2, 0) is 4.79 Å². The van der Waals surface area contributed by atoms with Gasteiger partial charge in [-0.2, -0.15) is 0 Å². The minimum Gasteiger partial charge on any atom is -0.299 e. The van der Waals surface area contributed by atoms with Crippen LogP contribution in [-0.4, -0.2) is 5.78 Å². The number of ketones is 1. The van der Waals surface area contributed by atoms with E-state index in [0.717, 1.165) is 47.8 Å². The Labute approximate surface area is 187 Å². The third kappa shape index (κ3) is 3.53. The van der Waals surface area contributed by atoms with Gasteiger partial charge in [-0.3, -0.25) is 4.79 Å². The number of carbonyl (C=O) groups is 1. The molecule has 3 unspecified atom stereocenters. The van der Waals surface area contributed by atoms with Crippen molar-refractivity contribution in [2.24, 2.45) is 64.1 Å². The molecule has 30 heavy (non-hydrogen) atoms. The van der Waals surface area contributed by atoms with Gasteiger partial charge in [-0.15, -0.1) is 0 Å². The zero-order chi connectivity index (χ0) is 21.8. The number of Topliss-reactive ketones (excluding diaryl/α,β-unsaturated/α-hetero) is 1. The van der Waals surface area contributed by atoms with E-state index in [4.69, 9.17) is 0 Å². The predicted molar refractivity (Wildman–Crippen MR) is 127 cm³/mol. The molecule has 0 spiro atoms. The SMILES string of the molecule is CC(C)C(C)CC[C@@H](C)[C@H]1CC[C@H]2[C@@H]3CCC4C(C)C(=O)CC[C@]4(C)[C@H]3CC[C@]12C. The van der Waals surface area contributed by atoms with Crippen LogP contribution < -0.4 is 0 Å². The van der Waals surface area contributed by atoms with Gasteiger partial charge < -0.3 is 0 Å². The van der Waals surface area contributed by atoms with Gasteiger partial charge in [0.2, 0.25) is 0 Å². The quantitative estimate of drug-likeness (QED) is 0.443. The van der Waals surface area contributed by atoms with Crippen LogP contribution >= 0.6 is 0 Å². The highest BCUT2D eigenvalue weighted by Gasteiger charge is 2.61. The number of fused-ring (bicyclic) bond motifs is 5. The molecule has 4 aliphatic rings. The molecule has 0 saturated heterocycles. The van der Waals surface area contributed by atoms with Crippen molar-refractivity contribution >= 4 is 5.78 Å². The van der Waals surface area contributed by atoms with Crippen LogP contribution in [0.2, 0.25) is 0 Å². The Bertz CT molecular complexity index is 636. The van der Waals surface area contributed by atoms with Gasteiger partial charge in [0.1, 0.15) is 5.78 Å². The van der Waals surface area contributed by atoms with Gasteiger partial charge >= 0.3 is 0 Å². The fourth-order valence-electron chi connectivity index (χ4n) is 9.56. The molecular formula is C29H50O. The molecule has 1 nitrogen and oxygen atoms in total. The van der Waals surface area contributed by atoms with Crippen LogP contribution in [0.25, 0.3) is 0 Å². The number of rotatable bonds is 5. The normalized spacial score (nSPS) is 48.1. The van der Waals surface area contributed by atoms with Gasteiger partial charge in [0, 0.05) is 12.3 Å². The number of carbonyl (C=O) groups excluding carboxylic acids is 1. The third-order valence-electron chi connectivity index (χ3n) is 11.9. The van der Waals surface area contributed by atoms with Crippen molar-refractivity contribution in [2.45, 2.75) is 113 Å². The summed E-state index contributed by atoms with van der Waals surface area (Å²) in [7, 11) is 0. The van der Waals surface area contributed by atoms with E-state index < -0.39 is 0 Å². The third-order valence-corrected chi connectivity index (χ3v) is 11.9. The van der Waals surface area contributed by atoms with Crippen LogP contribution in [0.15, 0.2) is 0 Å². The zero-order valence-corrected chi connectivity index (χ0v) is 21.2. The summed E-state index contributed by atoms with van der Waals surface area (Å²) in [6.45, 7) is 17.4. The van der Waals surface area contributed by atoms with E-state index in [1.807, 2.05) is 0 Å². The average Bonchev–Trinajstić information content (AvgIpc) is 3.06. The molecule has 0 aliphatic heterocycles. The largest absolute Gasteiger partial charge is 0.299 e. The molecule has 1 heteroatoms. The van der Waals surface area contributed by atoms with Gasteiger partial charge in [0.15, 0.2) is 0 Å². The molecule has 4 saturated carbocycles. The summed E-state index contributed by atoms with van der Waals surface area (Å²) in [6, 6.07) is 0. The number of hydrogen-bond acceptors (Lipinski definition) is 1. The minimum absolute atomic E-state index is 0.317. The summed E-state index contributed by atoms with van der Waals surface area (Å²) in [4.78, 5) is 12.5. The maximum atomic E-state index is 12.5. The van der Waals surface area contributed by atoms with Gasteiger partial charge in [0.05, 0.1) is 0 Å². The van der Waals surface area contributed by atoms with Gasteiger partial charge in [-0.1, -0.05) is 61.3 Å². The van der Waals surface area contributed by atoms with Crippen molar-refractivity contribution < 1.29 is 4.79 Å². The Morgan fingerprint density at radius 2 is 1.50 bits per heavy atom. The smallest absolute Gasteiger partial charge is 0.136 e. The lowest BCUT2D eigenvalue weighted by molar-refractivity contribution is -0.150. The first-order valence-corrected chi connectivity index (χ1v) is 13.6. The molecule has 0 aromatic heterocycles. The molecule has 4 rings (SSSR count). The minimum atomic E-state index is 0.317. The monoisotopic (exact) mass is 414 g/mol. The highest BCUT2D eigenvalue weighted by atomic mass is 16.1. The molecule has 0 aromatic rings. The number of hydrogen-bond donors (Lipinski definition) is 0. The summed E-state index contributed by atoms with van der Waals surface area (Å²) >= 11 is 0. The van der Waals surface area contributed by atoms with Crippen molar-refractivity contribution in [3.63, 3.8) is 0 Å². The average molecular weight is 415 g/mol. The maximum Gasteiger partial charge on any atom is 0.136 e. The fraction of sp³-hybridized carbons (Fsp3) is 0.966. The lowest BCUT2D eigenvalue weighted by Gasteiger charge is -2.61. The van der Waals surface area contributed by atoms with Crippen molar-refractivity contribution in [3.05, 3.63) is 0 Å². The van der Waals surface area contributed by atoms with Crippen LogP contribution in [0, 0.1) is 64.1 Å². The van der Waals surface area contributed by atoms with Crippen molar-refractivity contribution in [3.8, 4) is 0 Å². The molecule has 4 aliphatic carbocycles. The lowest BCUT2D eigenvalue weighted by Crippen LogP contribution is -2.55. The van der Waals surface area contributed by atoms with E-state index in [2.05, 4.69) is 48.5 Å². The van der Waals surface area contributed by atoms with Crippen molar-refractivity contribution in [1.29, 1.82) is 0 Å². The molecule has 0 amide bonds. The summed E-state index contributed by atoms with van der Waals surface area (Å²) in [5.74, 6) is 7.84. The summed E-state index contributed by atoms with van der Waals surface area (Å²) in [5.41, 5.74) is 1.02. The molecule has 0 heterocycles. The molecule has 0 bridgehead atoms. The molecule has 0 aromatic carbocycles. The molecule has 4 fully saturated rings. The molecule has 172 valence electrons. The first-order valence-electron chi connectivity index (χ1n) is 13.6. The molecule has 10 atom stereocenters. The van der Waals surface area contributed by atoms with Crippen LogP contribution in [0.5, 0.6) is 0 Å². The zero-order valence-electron chi connectivity index (χ0n) is 21.2.